The van der Waals surface area contributed by atoms with Gasteiger partial charge in [-0.2, -0.15) is 0 Å². The Kier molecular flexibility index (Phi) is 5.51. The molecule has 3 rings (SSSR count). The first-order valence-corrected chi connectivity index (χ1v) is 9.54. The molecular weight excluding hydrogens is 334 g/mol. The van der Waals surface area contributed by atoms with Crippen molar-refractivity contribution in [2.45, 2.75) is 27.3 Å². The molecule has 134 valence electrons. The second kappa shape index (κ2) is 7.64. The van der Waals surface area contributed by atoms with Crippen molar-refractivity contribution in [2.75, 3.05) is 32.7 Å². The maximum Gasteiger partial charge on any atom is 0.193 e. The maximum absolute atomic E-state index is 12.7. The quantitative estimate of drug-likeness (QED) is 0.806. The molecule has 0 atom stereocenters. The van der Waals surface area contributed by atoms with Crippen molar-refractivity contribution in [2.24, 2.45) is 0 Å². The lowest BCUT2D eigenvalue weighted by atomic mass is 10.1. The number of nitrogens with one attached hydrogen (secondary N) is 1. The molecule has 2 aromatic heterocycles. The number of carbonyl (C=O) groups is 2. The predicted molar refractivity (Wildman–Crippen MR) is 101 cm³/mol. The molecule has 1 aliphatic rings. The Balaban J connectivity index is 1.56. The van der Waals surface area contributed by atoms with E-state index in [2.05, 4.69) is 32.3 Å². The molecule has 0 amide bonds. The summed E-state index contributed by atoms with van der Waals surface area (Å²) in [4.78, 5) is 33.5. The van der Waals surface area contributed by atoms with Crippen molar-refractivity contribution in [3.8, 4) is 0 Å². The first-order valence-electron chi connectivity index (χ1n) is 8.66. The van der Waals surface area contributed by atoms with Crippen LogP contribution >= 0.6 is 11.3 Å². The standard InChI is InChI=1S/C19H25N3O2S/c1-13-18(15(3)23)14(2)20-19(13)17(24)12-22-8-6-21(7-9-22)11-16-5-4-10-25-16/h4-5,10,20H,6-9,11-12H2,1-3H3. The van der Waals surface area contributed by atoms with Crippen molar-refractivity contribution in [1.82, 2.24) is 14.8 Å². The minimum absolute atomic E-state index is 0.00694. The van der Waals surface area contributed by atoms with Crippen LogP contribution in [0.3, 0.4) is 0 Å². The predicted octanol–water partition coefficient (Wildman–Crippen LogP) is 2.90. The molecule has 0 saturated carbocycles. The fourth-order valence-electron chi connectivity index (χ4n) is 3.57. The third kappa shape index (κ3) is 4.08. The minimum Gasteiger partial charge on any atom is -0.355 e. The fraction of sp³-hybridized carbons (Fsp3) is 0.474. The Morgan fingerprint density at radius 3 is 2.40 bits per heavy atom. The van der Waals surface area contributed by atoms with Crippen LogP contribution in [0.25, 0.3) is 0 Å². The lowest BCUT2D eigenvalue weighted by molar-refractivity contribution is 0.0840. The van der Waals surface area contributed by atoms with E-state index >= 15 is 0 Å². The summed E-state index contributed by atoms with van der Waals surface area (Å²) in [5.74, 6) is 0.0762. The molecule has 0 aromatic carbocycles. The van der Waals surface area contributed by atoms with Crippen LogP contribution < -0.4 is 0 Å². The van der Waals surface area contributed by atoms with Crippen molar-refractivity contribution in [3.63, 3.8) is 0 Å². The molecule has 2 aromatic rings. The molecule has 3 heterocycles. The Labute approximate surface area is 152 Å². The highest BCUT2D eigenvalue weighted by Crippen LogP contribution is 2.20. The van der Waals surface area contributed by atoms with Crippen molar-refractivity contribution < 1.29 is 9.59 Å². The number of hydrogen-bond donors (Lipinski definition) is 1. The van der Waals surface area contributed by atoms with E-state index in [1.54, 1.807) is 18.3 Å². The molecule has 0 spiro atoms. The van der Waals surface area contributed by atoms with E-state index in [4.69, 9.17) is 0 Å². The first kappa shape index (κ1) is 18.0. The Hall–Kier alpha value is -1.76. The molecule has 1 aliphatic heterocycles. The Morgan fingerprint density at radius 2 is 1.84 bits per heavy atom. The minimum atomic E-state index is 0.00694. The molecule has 1 N–H and O–H groups in total. The van der Waals surface area contributed by atoms with E-state index < -0.39 is 0 Å². The summed E-state index contributed by atoms with van der Waals surface area (Å²) in [5, 5.41) is 2.11. The van der Waals surface area contributed by atoms with Gasteiger partial charge < -0.3 is 4.98 Å². The summed E-state index contributed by atoms with van der Waals surface area (Å²) in [5.41, 5.74) is 2.81. The molecule has 0 radical (unpaired) electrons. The van der Waals surface area contributed by atoms with Crippen molar-refractivity contribution in [1.29, 1.82) is 0 Å². The summed E-state index contributed by atoms with van der Waals surface area (Å²) >= 11 is 1.79. The number of thiophene rings is 1. The van der Waals surface area contributed by atoms with Crippen LogP contribution in [-0.4, -0.2) is 59.1 Å². The average molecular weight is 359 g/mol. The van der Waals surface area contributed by atoms with Crippen LogP contribution in [0.1, 0.15) is 43.9 Å². The topological polar surface area (TPSA) is 56.4 Å². The number of rotatable bonds is 6. The molecule has 25 heavy (non-hydrogen) atoms. The lowest BCUT2D eigenvalue weighted by Gasteiger charge is -2.34. The first-order chi connectivity index (χ1) is 12.0. The summed E-state index contributed by atoms with van der Waals surface area (Å²) in [7, 11) is 0. The van der Waals surface area contributed by atoms with Crippen molar-refractivity contribution in [3.05, 3.63) is 44.9 Å². The van der Waals surface area contributed by atoms with Gasteiger partial charge in [-0.05, 0) is 37.8 Å². The van der Waals surface area contributed by atoms with Gasteiger partial charge in [0, 0.05) is 48.9 Å². The molecular formula is C19H25N3O2S. The molecule has 1 saturated heterocycles. The third-order valence-electron chi connectivity index (χ3n) is 4.86. The van der Waals surface area contributed by atoms with Gasteiger partial charge in [0.15, 0.2) is 11.6 Å². The van der Waals surface area contributed by atoms with E-state index in [0.717, 1.165) is 44.0 Å². The molecule has 0 bridgehead atoms. The summed E-state index contributed by atoms with van der Waals surface area (Å²) in [6.45, 7) is 10.4. The van der Waals surface area contributed by atoms with E-state index in [1.165, 1.54) is 4.88 Å². The smallest absolute Gasteiger partial charge is 0.193 e. The number of carbonyl (C=O) groups excluding carboxylic acids is 2. The number of nitrogens with zero attached hydrogens (tertiary/aromatic N) is 2. The zero-order chi connectivity index (χ0) is 18.0. The number of piperazine rings is 1. The van der Waals surface area contributed by atoms with Crippen LogP contribution in [0.5, 0.6) is 0 Å². The van der Waals surface area contributed by atoms with Crippen LogP contribution in [0.2, 0.25) is 0 Å². The number of aromatic nitrogens is 1. The number of ketones is 2. The molecule has 6 heteroatoms. The van der Waals surface area contributed by atoms with E-state index in [1.807, 2.05) is 13.8 Å². The third-order valence-corrected chi connectivity index (χ3v) is 5.72. The van der Waals surface area contributed by atoms with Crippen LogP contribution in [0.4, 0.5) is 0 Å². The van der Waals surface area contributed by atoms with Gasteiger partial charge in [-0.25, -0.2) is 0 Å². The summed E-state index contributed by atoms with van der Waals surface area (Å²) < 4.78 is 0. The number of Topliss-reactive ketones (excluding diaryl/α,β-unsaturated/α-hetero) is 2. The van der Waals surface area contributed by atoms with Gasteiger partial charge >= 0.3 is 0 Å². The monoisotopic (exact) mass is 359 g/mol. The van der Waals surface area contributed by atoms with Crippen LogP contribution in [0.15, 0.2) is 17.5 Å². The second-order valence-electron chi connectivity index (χ2n) is 6.74. The number of hydrogen-bond acceptors (Lipinski definition) is 5. The molecule has 0 unspecified atom stereocenters. The molecule has 5 nitrogen and oxygen atoms in total. The summed E-state index contributed by atoms with van der Waals surface area (Å²) in [6, 6.07) is 4.26. The zero-order valence-corrected chi connectivity index (χ0v) is 15.9. The van der Waals surface area contributed by atoms with Gasteiger partial charge in [0.05, 0.1) is 12.2 Å². The normalized spacial score (nSPS) is 16.3. The van der Waals surface area contributed by atoms with Gasteiger partial charge in [0.25, 0.3) is 0 Å². The molecule has 0 aliphatic carbocycles. The van der Waals surface area contributed by atoms with Crippen LogP contribution in [0, 0.1) is 13.8 Å². The molecule has 1 fully saturated rings. The SMILES string of the molecule is CC(=O)c1c(C)[nH]c(C(=O)CN2CCN(Cc3cccs3)CC2)c1C. The second-order valence-corrected chi connectivity index (χ2v) is 7.77. The average Bonchev–Trinajstić information content (AvgIpc) is 3.17. The Bertz CT molecular complexity index is 756. The summed E-state index contributed by atoms with van der Waals surface area (Å²) in [6.07, 6.45) is 0. The fourth-order valence-corrected chi connectivity index (χ4v) is 4.31. The van der Waals surface area contributed by atoms with Gasteiger partial charge in [0.2, 0.25) is 0 Å². The van der Waals surface area contributed by atoms with Crippen LogP contribution in [-0.2, 0) is 6.54 Å². The maximum atomic E-state index is 12.7. The van der Waals surface area contributed by atoms with Crippen molar-refractivity contribution >= 4 is 22.9 Å². The van der Waals surface area contributed by atoms with E-state index in [0.29, 0.717) is 17.8 Å². The van der Waals surface area contributed by atoms with E-state index in [9.17, 15) is 9.59 Å². The van der Waals surface area contributed by atoms with Gasteiger partial charge in [-0.3, -0.25) is 19.4 Å². The van der Waals surface area contributed by atoms with Gasteiger partial charge in [-0.1, -0.05) is 6.07 Å². The lowest BCUT2D eigenvalue weighted by Crippen LogP contribution is -2.47. The van der Waals surface area contributed by atoms with E-state index in [-0.39, 0.29) is 11.6 Å². The highest BCUT2D eigenvalue weighted by molar-refractivity contribution is 7.09. The number of aryl methyl sites for hydroxylation is 1. The number of H-pyrrole nitrogens is 1. The highest BCUT2D eigenvalue weighted by atomic mass is 32.1. The van der Waals surface area contributed by atoms with Gasteiger partial charge in [-0.15, -0.1) is 11.3 Å². The Morgan fingerprint density at radius 1 is 1.16 bits per heavy atom. The van der Waals surface area contributed by atoms with Gasteiger partial charge in [0.1, 0.15) is 0 Å². The zero-order valence-electron chi connectivity index (χ0n) is 15.1. The highest BCUT2D eigenvalue weighted by Gasteiger charge is 2.23. The number of aromatic amines is 1. The largest absolute Gasteiger partial charge is 0.355 e.